The Morgan fingerprint density at radius 2 is 1.83 bits per heavy atom. The Balaban J connectivity index is 2.20. The molecular weight excluding hydrogens is 267 g/mol. The molecule has 3 rings (SSSR count). The maximum Gasteiger partial charge on any atom is 0.105 e. The van der Waals surface area contributed by atoms with Crippen LogP contribution in [-0.2, 0) is 6.54 Å². The first-order chi connectivity index (χ1) is 8.59. The maximum absolute atomic E-state index is 6.44. The lowest BCUT2D eigenvalue weighted by Crippen LogP contribution is -2.37. The summed E-state index contributed by atoms with van der Waals surface area (Å²) >= 11 is 12.8. The highest BCUT2D eigenvalue weighted by atomic mass is 35.5. The number of hydrogen-bond donors (Lipinski definition) is 0. The van der Waals surface area contributed by atoms with Crippen LogP contribution >= 0.6 is 23.2 Å². The standard InChI is InChI=1S/C14H16Cl2N2/c1-8-12(15)9(2)14-10(13(8)16)7-18-6-4-3-5-11(18)17-14/h3-7H2,1-2H3. The minimum Gasteiger partial charge on any atom is -0.356 e. The minimum atomic E-state index is 0.757. The quantitative estimate of drug-likeness (QED) is 0.677. The summed E-state index contributed by atoms with van der Waals surface area (Å²) in [6.07, 6.45) is 3.55. The van der Waals surface area contributed by atoms with Gasteiger partial charge in [0, 0.05) is 25.1 Å². The lowest BCUT2D eigenvalue weighted by atomic mass is 9.99. The van der Waals surface area contributed by atoms with E-state index in [1.54, 1.807) is 0 Å². The molecule has 0 unspecified atom stereocenters. The first-order valence-electron chi connectivity index (χ1n) is 6.39. The molecule has 0 saturated carbocycles. The van der Waals surface area contributed by atoms with E-state index in [4.69, 9.17) is 28.2 Å². The first kappa shape index (κ1) is 12.3. The second-order valence-electron chi connectivity index (χ2n) is 5.11. The topological polar surface area (TPSA) is 15.6 Å². The van der Waals surface area contributed by atoms with Gasteiger partial charge in [0.1, 0.15) is 5.84 Å². The number of benzene rings is 1. The van der Waals surface area contributed by atoms with Crippen LogP contribution < -0.4 is 0 Å². The van der Waals surface area contributed by atoms with Gasteiger partial charge in [-0.05, 0) is 37.8 Å². The Morgan fingerprint density at radius 3 is 2.61 bits per heavy atom. The molecule has 18 heavy (non-hydrogen) atoms. The third-order valence-electron chi connectivity index (χ3n) is 3.93. The van der Waals surface area contributed by atoms with Gasteiger partial charge in [0.2, 0.25) is 0 Å². The molecule has 1 fully saturated rings. The minimum absolute atomic E-state index is 0.757. The number of halogens is 2. The van der Waals surface area contributed by atoms with Crippen molar-refractivity contribution in [1.29, 1.82) is 0 Å². The lowest BCUT2D eigenvalue weighted by Gasteiger charge is -2.35. The molecule has 0 aromatic heterocycles. The van der Waals surface area contributed by atoms with Crippen LogP contribution in [0.2, 0.25) is 10.0 Å². The van der Waals surface area contributed by atoms with Crippen LogP contribution in [0.5, 0.6) is 0 Å². The molecule has 1 aromatic carbocycles. The van der Waals surface area contributed by atoms with E-state index in [0.29, 0.717) is 0 Å². The molecule has 2 aliphatic heterocycles. The molecule has 0 radical (unpaired) electrons. The van der Waals surface area contributed by atoms with E-state index in [9.17, 15) is 0 Å². The predicted molar refractivity (Wildman–Crippen MR) is 77.3 cm³/mol. The molecule has 0 N–H and O–H groups in total. The summed E-state index contributed by atoms with van der Waals surface area (Å²) < 4.78 is 0. The maximum atomic E-state index is 6.44. The molecule has 2 heterocycles. The van der Waals surface area contributed by atoms with Gasteiger partial charge in [-0.3, -0.25) is 0 Å². The summed E-state index contributed by atoms with van der Waals surface area (Å²) in [6, 6.07) is 0. The zero-order valence-electron chi connectivity index (χ0n) is 10.7. The number of amidine groups is 1. The highest BCUT2D eigenvalue weighted by Crippen LogP contribution is 2.42. The van der Waals surface area contributed by atoms with Crippen LogP contribution in [-0.4, -0.2) is 17.3 Å². The van der Waals surface area contributed by atoms with Gasteiger partial charge in [-0.2, -0.15) is 0 Å². The smallest absolute Gasteiger partial charge is 0.105 e. The van der Waals surface area contributed by atoms with Crippen molar-refractivity contribution < 1.29 is 0 Å². The van der Waals surface area contributed by atoms with Crippen molar-refractivity contribution in [2.45, 2.75) is 39.7 Å². The van der Waals surface area contributed by atoms with Crippen molar-refractivity contribution in [3.05, 3.63) is 26.7 Å². The van der Waals surface area contributed by atoms with E-state index < -0.39 is 0 Å². The van der Waals surface area contributed by atoms with Gasteiger partial charge >= 0.3 is 0 Å². The van der Waals surface area contributed by atoms with Crippen LogP contribution in [0.15, 0.2) is 4.99 Å². The van der Waals surface area contributed by atoms with Crippen molar-refractivity contribution in [2.75, 3.05) is 6.54 Å². The highest BCUT2D eigenvalue weighted by Gasteiger charge is 2.27. The molecule has 2 aliphatic rings. The lowest BCUT2D eigenvalue weighted by molar-refractivity contribution is 0.359. The van der Waals surface area contributed by atoms with Crippen molar-refractivity contribution in [1.82, 2.24) is 4.90 Å². The summed E-state index contributed by atoms with van der Waals surface area (Å²) in [5.41, 5.74) is 4.18. The predicted octanol–water partition coefficient (Wildman–Crippen LogP) is 4.64. The van der Waals surface area contributed by atoms with Gasteiger partial charge in [-0.15, -0.1) is 0 Å². The fourth-order valence-electron chi connectivity index (χ4n) is 2.82. The van der Waals surface area contributed by atoms with E-state index in [-0.39, 0.29) is 0 Å². The van der Waals surface area contributed by atoms with Gasteiger partial charge in [0.25, 0.3) is 0 Å². The van der Waals surface area contributed by atoms with E-state index in [0.717, 1.165) is 51.9 Å². The van der Waals surface area contributed by atoms with Gasteiger partial charge in [0.05, 0.1) is 15.7 Å². The summed E-state index contributed by atoms with van der Waals surface area (Å²) in [6.45, 7) is 5.99. The Labute approximate surface area is 118 Å². The summed E-state index contributed by atoms with van der Waals surface area (Å²) in [4.78, 5) is 7.16. The number of piperidine rings is 1. The normalized spacial score (nSPS) is 18.2. The Hall–Kier alpha value is -0.730. The van der Waals surface area contributed by atoms with Crippen LogP contribution in [0.25, 0.3) is 0 Å². The number of aliphatic imine (C=N–C) groups is 1. The largest absolute Gasteiger partial charge is 0.356 e. The molecule has 0 spiro atoms. The number of rotatable bonds is 0. The van der Waals surface area contributed by atoms with Gasteiger partial charge < -0.3 is 4.90 Å². The van der Waals surface area contributed by atoms with Crippen LogP contribution in [0.4, 0.5) is 5.69 Å². The van der Waals surface area contributed by atoms with E-state index in [1.165, 1.54) is 18.7 Å². The third-order valence-corrected chi connectivity index (χ3v) is 5.01. The average Bonchev–Trinajstić information content (AvgIpc) is 2.41. The van der Waals surface area contributed by atoms with Gasteiger partial charge in [-0.25, -0.2) is 4.99 Å². The van der Waals surface area contributed by atoms with Gasteiger partial charge in [0.15, 0.2) is 0 Å². The van der Waals surface area contributed by atoms with Crippen molar-refractivity contribution >= 4 is 34.7 Å². The molecule has 0 atom stereocenters. The summed E-state index contributed by atoms with van der Waals surface area (Å²) in [7, 11) is 0. The van der Waals surface area contributed by atoms with Gasteiger partial charge in [-0.1, -0.05) is 23.2 Å². The number of fused-ring (bicyclic) bond motifs is 2. The molecule has 4 heteroatoms. The van der Waals surface area contributed by atoms with E-state index in [2.05, 4.69) is 4.90 Å². The fourth-order valence-corrected chi connectivity index (χ4v) is 3.30. The fraction of sp³-hybridized carbons (Fsp3) is 0.500. The van der Waals surface area contributed by atoms with Crippen molar-refractivity contribution in [3.8, 4) is 0 Å². The Bertz CT molecular complexity index is 549. The number of nitrogens with zero attached hydrogens (tertiary/aromatic N) is 2. The van der Waals surface area contributed by atoms with Crippen molar-refractivity contribution in [2.24, 2.45) is 4.99 Å². The molecule has 2 nitrogen and oxygen atoms in total. The third kappa shape index (κ3) is 1.74. The second kappa shape index (κ2) is 4.43. The molecule has 1 aromatic rings. The molecule has 0 amide bonds. The monoisotopic (exact) mass is 282 g/mol. The van der Waals surface area contributed by atoms with Crippen LogP contribution in [0, 0.1) is 13.8 Å². The second-order valence-corrected chi connectivity index (χ2v) is 5.87. The van der Waals surface area contributed by atoms with E-state index in [1.807, 2.05) is 13.8 Å². The molecule has 0 bridgehead atoms. The zero-order chi connectivity index (χ0) is 12.9. The highest BCUT2D eigenvalue weighted by molar-refractivity contribution is 6.37. The SMILES string of the molecule is Cc1c(Cl)c(C)c2c(c1Cl)CN1CCCCC1=N2. The Morgan fingerprint density at radius 1 is 1.06 bits per heavy atom. The molecule has 0 aliphatic carbocycles. The zero-order valence-corrected chi connectivity index (χ0v) is 12.2. The molecular formula is C14H16Cl2N2. The number of hydrogen-bond acceptors (Lipinski definition) is 2. The molecule has 96 valence electrons. The van der Waals surface area contributed by atoms with Crippen LogP contribution in [0.3, 0.4) is 0 Å². The summed E-state index contributed by atoms with van der Waals surface area (Å²) in [5.74, 6) is 1.20. The summed E-state index contributed by atoms with van der Waals surface area (Å²) in [5, 5.41) is 1.54. The Kier molecular flexibility index (Phi) is 3.03. The van der Waals surface area contributed by atoms with Crippen LogP contribution in [0.1, 0.15) is 36.0 Å². The van der Waals surface area contributed by atoms with E-state index >= 15 is 0 Å². The average molecular weight is 283 g/mol. The molecule has 1 saturated heterocycles. The van der Waals surface area contributed by atoms with Crippen molar-refractivity contribution in [3.63, 3.8) is 0 Å². The first-order valence-corrected chi connectivity index (χ1v) is 7.14.